The van der Waals surface area contributed by atoms with Gasteiger partial charge in [0.05, 0.1) is 0 Å². The van der Waals surface area contributed by atoms with Gasteiger partial charge in [-0.05, 0) is 36.8 Å². The van der Waals surface area contributed by atoms with Gasteiger partial charge in [-0.15, -0.1) is 0 Å². The molecule has 0 unspecified atom stereocenters. The van der Waals surface area contributed by atoms with Crippen molar-refractivity contribution in [1.82, 2.24) is 0 Å². The summed E-state index contributed by atoms with van der Waals surface area (Å²) in [5.74, 6) is -0.385. The average molecular weight is 286 g/mol. The third-order valence-electron chi connectivity index (χ3n) is 3.38. The molecule has 0 aromatic heterocycles. The largest absolute Gasteiger partial charge is 0.324 e. The van der Waals surface area contributed by atoms with E-state index in [1.54, 1.807) is 17.0 Å². The molecule has 2 rings (SSSR count). The first-order valence-corrected chi connectivity index (χ1v) is 6.98. The monoisotopic (exact) mass is 286 g/mol. The molecule has 110 valence electrons. The van der Waals surface area contributed by atoms with Gasteiger partial charge < -0.3 is 10.6 Å². The first kappa shape index (κ1) is 15.2. The molecule has 0 bridgehead atoms. The lowest BCUT2D eigenvalue weighted by Gasteiger charge is -2.23. The summed E-state index contributed by atoms with van der Waals surface area (Å²) in [4.78, 5) is 14.0. The fourth-order valence-corrected chi connectivity index (χ4v) is 2.24. The Balaban J connectivity index is 2.08. The van der Waals surface area contributed by atoms with Gasteiger partial charge in [-0.25, -0.2) is 4.39 Å². The normalized spacial score (nSPS) is 12.0. The second-order valence-corrected chi connectivity index (χ2v) is 4.84. The lowest BCUT2D eigenvalue weighted by atomic mass is 10.0. The molecule has 0 saturated carbocycles. The molecule has 0 fully saturated rings. The van der Waals surface area contributed by atoms with Crippen molar-refractivity contribution in [3.05, 3.63) is 66.0 Å². The maximum Gasteiger partial charge on any atom is 0.228 e. The number of carbonyl (C=O) groups is 1. The van der Waals surface area contributed by atoms with Gasteiger partial charge in [0.15, 0.2) is 0 Å². The van der Waals surface area contributed by atoms with E-state index in [2.05, 4.69) is 0 Å². The van der Waals surface area contributed by atoms with Crippen molar-refractivity contribution in [3.8, 4) is 0 Å². The zero-order valence-corrected chi connectivity index (χ0v) is 12.0. The Bertz CT molecular complexity index is 583. The fourth-order valence-electron chi connectivity index (χ4n) is 2.24. The Labute approximate surface area is 124 Å². The molecule has 2 aromatic carbocycles. The number of benzene rings is 2. The highest BCUT2D eigenvalue weighted by Crippen LogP contribution is 2.19. The van der Waals surface area contributed by atoms with Crippen LogP contribution in [0, 0.1) is 5.82 Å². The van der Waals surface area contributed by atoms with Crippen molar-refractivity contribution in [3.63, 3.8) is 0 Å². The van der Waals surface area contributed by atoms with E-state index in [4.69, 9.17) is 5.73 Å². The van der Waals surface area contributed by atoms with Crippen LogP contribution in [0.25, 0.3) is 0 Å². The zero-order chi connectivity index (χ0) is 15.2. The highest BCUT2D eigenvalue weighted by atomic mass is 19.1. The van der Waals surface area contributed by atoms with Gasteiger partial charge in [-0.1, -0.05) is 30.3 Å². The third-order valence-corrected chi connectivity index (χ3v) is 3.38. The van der Waals surface area contributed by atoms with Crippen LogP contribution in [0.2, 0.25) is 0 Å². The Morgan fingerprint density at radius 2 is 1.76 bits per heavy atom. The van der Waals surface area contributed by atoms with Gasteiger partial charge >= 0.3 is 0 Å². The Morgan fingerprint density at radius 3 is 2.33 bits per heavy atom. The van der Waals surface area contributed by atoms with Crippen LogP contribution in [-0.4, -0.2) is 12.5 Å². The summed E-state index contributed by atoms with van der Waals surface area (Å²) in [6.45, 7) is 2.40. The van der Waals surface area contributed by atoms with E-state index in [1.165, 1.54) is 12.1 Å². The van der Waals surface area contributed by atoms with Crippen LogP contribution in [0.5, 0.6) is 0 Å². The van der Waals surface area contributed by atoms with E-state index in [0.717, 1.165) is 5.56 Å². The van der Waals surface area contributed by atoms with Crippen molar-refractivity contribution < 1.29 is 9.18 Å². The van der Waals surface area contributed by atoms with Crippen molar-refractivity contribution in [1.29, 1.82) is 0 Å². The molecule has 3 nitrogen and oxygen atoms in total. The van der Waals surface area contributed by atoms with Gasteiger partial charge in [0, 0.05) is 24.7 Å². The van der Waals surface area contributed by atoms with Crippen LogP contribution in [0.3, 0.4) is 0 Å². The number of hydrogen-bond acceptors (Lipinski definition) is 2. The molecular formula is C17H19FN2O. The van der Waals surface area contributed by atoms with Gasteiger partial charge in [0.25, 0.3) is 0 Å². The molecule has 0 heterocycles. The molecule has 2 N–H and O–H groups in total. The quantitative estimate of drug-likeness (QED) is 0.917. The van der Waals surface area contributed by atoms with Crippen molar-refractivity contribution in [2.75, 3.05) is 11.4 Å². The van der Waals surface area contributed by atoms with E-state index in [0.29, 0.717) is 12.2 Å². The summed E-state index contributed by atoms with van der Waals surface area (Å²) in [5, 5.41) is 0. The summed E-state index contributed by atoms with van der Waals surface area (Å²) >= 11 is 0. The van der Waals surface area contributed by atoms with Crippen LogP contribution in [0.4, 0.5) is 10.1 Å². The molecule has 1 atom stereocenters. The highest BCUT2D eigenvalue weighted by Gasteiger charge is 2.18. The number of rotatable bonds is 5. The number of anilines is 1. The summed E-state index contributed by atoms with van der Waals surface area (Å²) < 4.78 is 13.0. The van der Waals surface area contributed by atoms with Crippen LogP contribution in [0.15, 0.2) is 54.6 Å². The number of hydrogen-bond donors (Lipinski definition) is 1. The lowest BCUT2D eigenvalue weighted by Crippen LogP contribution is -2.33. The molecule has 4 heteroatoms. The highest BCUT2D eigenvalue weighted by molar-refractivity contribution is 5.93. The van der Waals surface area contributed by atoms with E-state index in [-0.39, 0.29) is 24.2 Å². The topological polar surface area (TPSA) is 46.3 Å². The van der Waals surface area contributed by atoms with Crippen molar-refractivity contribution in [2.24, 2.45) is 5.73 Å². The number of carbonyl (C=O) groups excluding carboxylic acids is 1. The Morgan fingerprint density at radius 1 is 1.14 bits per heavy atom. The molecular weight excluding hydrogens is 267 g/mol. The summed E-state index contributed by atoms with van der Waals surface area (Å²) in [7, 11) is 0. The molecule has 2 aromatic rings. The van der Waals surface area contributed by atoms with E-state index < -0.39 is 0 Å². The first-order chi connectivity index (χ1) is 10.1. The number of amides is 1. The summed E-state index contributed by atoms with van der Waals surface area (Å²) in [5.41, 5.74) is 7.70. The molecule has 0 aliphatic rings. The van der Waals surface area contributed by atoms with Crippen LogP contribution in [0.1, 0.15) is 24.9 Å². The predicted octanol–water partition coefficient (Wildman–Crippen LogP) is 3.27. The van der Waals surface area contributed by atoms with Gasteiger partial charge in [0.2, 0.25) is 5.91 Å². The second kappa shape index (κ2) is 6.99. The number of halogens is 1. The van der Waals surface area contributed by atoms with Crippen LogP contribution < -0.4 is 10.6 Å². The van der Waals surface area contributed by atoms with Crippen LogP contribution >= 0.6 is 0 Å². The smallest absolute Gasteiger partial charge is 0.228 e. The van der Waals surface area contributed by atoms with E-state index >= 15 is 0 Å². The number of nitrogens with two attached hydrogens (primary N) is 1. The van der Waals surface area contributed by atoms with Crippen molar-refractivity contribution >= 4 is 11.6 Å². The van der Waals surface area contributed by atoms with Crippen LogP contribution in [-0.2, 0) is 4.79 Å². The first-order valence-electron chi connectivity index (χ1n) is 6.98. The van der Waals surface area contributed by atoms with Gasteiger partial charge in [0.1, 0.15) is 5.82 Å². The molecule has 0 saturated heterocycles. The lowest BCUT2D eigenvalue weighted by molar-refractivity contribution is -0.118. The van der Waals surface area contributed by atoms with Gasteiger partial charge in [-0.3, -0.25) is 4.79 Å². The average Bonchev–Trinajstić information content (AvgIpc) is 2.50. The van der Waals surface area contributed by atoms with Crippen molar-refractivity contribution in [2.45, 2.75) is 19.4 Å². The second-order valence-electron chi connectivity index (χ2n) is 4.84. The number of nitrogens with zero attached hydrogens (tertiary/aromatic N) is 1. The molecule has 0 aliphatic heterocycles. The maximum absolute atomic E-state index is 13.0. The third kappa shape index (κ3) is 3.89. The van der Waals surface area contributed by atoms with E-state index in [1.807, 2.05) is 37.3 Å². The summed E-state index contributed by atoms with van der Waals surface area (Å²) in [6.07, 6.45) is 0.217. The minimum Gasteiger partial charge on any atom is -0.324 e. The minimum absolute atomic E-state index is 0.0690. The molecule has 1 amide bonds. The van der Waals surface area contributed by atoms with Gasteiger partial charge in [-0.2, -0.15) is 0 Å². The Kier molecular flexibility index (Phi) is 5.06. The predicted molar refractivity (Wildman–Crippen MR) is 82.4 cm³/mol. The molecule has 0 aliphatic carbocycles. The zero-order valence-electron chi connectivity index (χ0n) is 12.0. The fraction of sp³-hybridized carbons (Fsp3) is 0.235. The Hall–Kier alpha value is -2.20. The molecule has 21 heavy (non-hydrogen) atoms. The SMILES string of the molecule is CCN(C(=O)C[C@H](N)c1ccccc1)c1ccc(F)cc1. The standard InChI is InChI=1S/C17H19FN2O/c1-2-20(15-10-8-14(18)9-11-15)17(21)12-16(19)13-6-4-3-5-7-13/h3-11,16H,2,12,19H2,1H3/t16-/m0/s1. The maximum atomic E-state index is 13.0. The molecule has 0 spiro atoms. The summed E-state index contributed by atoms with van der Waals surface area (Å²) in [6, 6.07) is 15.1. The molecule has 0 radical (unpaired) electrons. The van der Waals surface area contributed by atoms with E-state index in [9.17, 15) is 9.18 Å². The minimum atomic E-state index is -0.340.